The molecule has 0 radical (unpaired) electrons. The van der Waals surface area contributed by atoms with Crippen LogP contribution >= 0.6 is 0 Å². The lowest BCUT2D eigenvalue weighted by Gasteiger charge is -2.10. The molecular formula is C7H19NOSi. The summed E-state index contributed by atoms with van der Waals surface area (Å²) in [5, 5.41) is 0. The molecule has 0 aliphatic heterocycles. The SMILES string of the molecule is CN(C)CCCO[SiH](C)C. The molecule has 10 heavy (non-hydrogen) atoms. The van der Waals surface area contributed by atoms with Crippen LogP contribution in [-0.4, -0.2) is 41.2 Å². The Labute approximate surface area is 65.9 Å². The molecular weight excluding hydrogens is 142 g/mol. The van der Waals surface area contributed by atoms with Crippen molar-refractivity contribution in [3.63, 3.8) is 0 Å². The largest absolute Gasteiger partial charge is 0.421 e. The van der Waals surface area contributed by atoms with Crippen LogP contribution in [0, 0.1) is 0 Å². The Kier molecular flexibility index (Phi) is 5.97. The lowest BCUT2D eigenvalue weighted by molar-refractivity contribution is 0.286. The summed E-state index contributed by atoms with van der Waals surface area (Å²) in [5.41, 5.74) is 0. The first-order valence-corrected chi connectivity index (χ1v) is 6.67. The number of hydrogen-bond acceptors (Lipinski definition) is 2. The number of hydrogen-bond donors (Lipinski definition) is 0. The maximum absolute atomic E-state index is 5.50. The Morgan fingerprint density at radius 2 is 1.90 bits per heavy atom. The molecule has 0 amide bonds. The van der Waals surface area contributed by atoms with Gasteiger partial charge in [0, 0.05) is 6.61 Å². The summed E-state index contributed by atoms with van der Waals surface area (Å²) in [5.74, 6) is 0. The van der Waals surface area contributed by atoms with Crippen LogP contribution in [-0.2, 0) is 4.43 Å². The molecule has 0 fully saturated rings. The van der Waals surface area contributed by atoms with E-state index in [9.17, 15) is 0 Å². The molecule has 62 valence electrons. The summed E-state index contributed by atoms with van der Waals surface area (Å²) in [6.45, 7) is 6.49. The third kappa shape index (κ3) is 8.14. The zero-order valence-corrected chi connectivity index (χ0v) is 8.71. The Bertz CT molecular complexity index is 66.0. The number of rotatable bonds is 5. The van der Waals surface area contributed by atoms with E-state index in [1.807, 2.05) is 0 Å². The average Bonchev–Trinajstić information content (AvgIpc) is 1.79. The van der Waals surface area contributed by atoms with E-state index in [-0.39, 0.29) is 0 Å². The van der Waals surface area contributed by atoms with Gasteiger partial charge in [0.2, 0.25) is 0 Å². The van der Waals surface area contributed by atoms with Crippen LogP contribution < -0.4 is 0 Å². The van der Waals surface area contributed by atoms with E-state index < -0.39 is 9.04 Å². The second kappa shape index (κ2) is 5.89. The fraction of sp³-hybridized carbons (Fsp3) is 1.00. The first kappa shape index (κ1) is 10.1. The van der Waals surface area contributed by atoms with Gasteiger partial charge in [0.05, 0.1) is 0 Å². The van der Waals surface area contributed by atoms with Crippen molar-refractivity contribution in [2.24, 2.45) is 0 Å². The van der Waals surface area contributed by atoms with Crippen LogP contribution in [0.5, 0.6) is 0 Å². The topological polar surface area (TPSA) is 12.5 Å². The molecule has 2 nitrogen and oxygen atoms in total. The van der Waals surface area contributed by atoms with Gasteiger partial charge in [-0.3, -0.25) is 0 Å². The van der Waals surface area contributed by atoms with Gasteiger partial charge in [0.1, 0.15) is 0 Å². The molecule has 0 unspecified atom stereocenters. The normalized spacial score (nSPS) is 11.4. The van der Waals surface area contributed by atoms with Crippen molar-refractivity contribution in [3.8, 4) is 0 Å². The summed E-state index contributed by atoms with van der Waals surface area (Å²) >= 11 is 0. The maximum Gasteiger partial charge on any atom is 0.170 e. The van der Waals surface area contributed by atoms with E-state index in [1.54, 1.807) is 0 Å². The molecule has 0 aliphatic carbocycles. The van der Waals surface area contributed by atoms with Gasteiger partial charge in [0.25, 0.3) is 0 Å². The standard InChI is InChI=1S/C7H19NOSi/c1-8(2)6-5-7-9-10(3)4/h10H,5-7H2,1-4H3. The third-order valence-corrected chi connectivity index (χ3v) is 2.10. The van der Waals surface area contributed by atoms with Crippen molar-refractivity contribution in [2.75, 3.05) is 27.2 Å². The van der Waals surface area contributed by atoms with E-state index in [2.05, 4.69) is 32.1 Å². The fourth-order valence-electron chi connectivity index (χ4n) is 0.700. The quantitative estimate of drug-likeness (QED) is 0.439. The van der Waals surface area contributed by atoms with Crippen LogP contribution in [0.4, 0.5) is 0 Å². The van der Waals surface area contributed by atoms with E-state index in [0.29, 0.717) is 0 Å². The zero-order valence-electron chi connectivity index (χ0n) is 7.55. The van der Waals surface area contributed by atoms with Crippen molar-refractivity contribution in [1.82, 2.24) is 4.90 Å². The van der Waals surface area contributed by atoms with Crippen LogP contribution in [0.3, 0.4) is 0 Å². The smallest absolute Gasteiger partial charge is 0.170 e. The minimum atomic E-state index is -0.752. The molecule has 0 saturated carbocycles. The predicted octanol–water partition coefficient (Wildman–Crippen LogP) is 0.938. The zero-order chi connectivity index (χ0) is 7.98. The molecule has 3 heteroatoms. The highest BCUT2D eigenvalue weighted by Gasteiger charge is 1.94. The van der Waals surface area contributed by atoms with Crippen LogP contribution in [0.1, 0.15) is 6.42 Å². The van der Waals surface area contributed by atoms with Gasteiger partial charge in [0.15, 0.2) is 9.04 Å². The summed E-state index contributed by atoms with van der Waals surface area (Å²) in [4.78, 5) is 2.19. The monoisotopic (exact) mass is 161 g/mol. The molecule has 0 aromatic carbocycles. The molecule has 0 aromatic heterocycles. The fourth-order valence-corrected chi connectivity index (χ4v) is 1.34. The van der Waals surface area contributed by atoms with E-state index in [1.165, 1.54) is 0 Å². The lowest BCUT2D eigenvalue weighted by Crippen LogP contribution is -2.17. The highest BCUT2D eigenvalue weighted by Crippen LogP contribution is 1.88. The Morgan fingerprint density at radius 3 is 2.30 bits per heavy atom. The molecule has 0 bridgehead atoms. The second-order valence-electron chi connectivity index (χ2n) is 3.08. The average molecular weight is 161 g/mol. The maximum atomic E-state index is 5.50. The van der Waals surface area contributed by atoms with Gasteiger partial charge in [-0.05, 0) is 40.2 Å². The van der Waals surface area contributed by atoms with Gasteiger partial charge < -0.3 is 9.33 Å². The lowest BCUT2D eigenvalue weighted by atomic mass is 10.4. The predicted molar refractivity (Wildman–Crippen MR) is 48.0 cm³/mol. The van der Waals surface area contributed by atoms with Gasteiger partial charge >= 0.3 is 0 Å². The Balaban J connectivity index is 2.91. The van der Waals surface area contributed by atoms with Crippen molar-refractivity contribution in [3.05, 3.63) is 0 Å². The van der Waals surface area contributed by atoms with Crippen molar-refractivity contribution >= 4 is 9.04 Å². The van der Waals surface area contributed by atoms with Gasteiger partial charge in [-0.15, -0.1) is 0 Å². The molecule has 0 heterocycles. The van der Waals surface area contributed by atoms with E-state index in [0.717, 1.165) is 19.6 Å². The Hall–Kier alpha value is 0.137. The minimum absolute atomic E-state index is 0.752. The van der Waals surface area contributed by atoms with E-state index >= 15 is 0 Å². The summed E-state index contributed by atoms with van der Waals surface area (Å²) in [6.07, 6.45) is 1.16. The highest BCUT2D eigenvalue weighted by atomic mass is 28.3. The van der Waals surface area contributed by atoms with Gasteiger partial charge in [-0.25, -0.2) is 0 Å². The van der Waals surface area contributed by atoms with Crippen molar-refractivity contribution < 1.29 is 4.43 Å². The molecule has 0 aromatic rings. The van der Waals surface area contributed by atoms with Crippen LogP contribution in [0.15, 0.2) is 0 Å². The molecule has 0 atom stereocenters. The number of nitrogens with zero attached hydrogens (tertiary/aromatic N) is 1. The highest BCUT2D eigenvalue weighted by molar-refractivity contribution is 6.48. The van der Waals surface area contributed by atoms with Crippen LogP contribution in [0.25, 0.3) is 0 Å². The molecule has 0 rings (SSSR count). The Morgan fingerprint density at radius 1 is 1.30 bits per heavy atom. The van der Waals surface area contributed by atoms with Gasteiger partial charge in [-0.2, -0.15) is 0 Å². The first-order valence-electron chi connectivity index (χ1n) is 3.89. The summed E-state index contributed by atoms with van der Waals surface area (Å²) < 4.78 is 5.50. The summed E-state index contributed by atoms with van der Waals surface area (Å²) in [6, 6.07) is 0. The minimum Gasteiger partial charge on any atom is -0.421 e. The van der Waals surface area contributed by atoms with Gasteiger partial charge in [-0.1, -0.05) is 0 Å². The second-order valence-corrected chi connectivity index (χ2v) is 5.51. The van der Waals surface area contributed by atoms with Crippen molar-refractivity contribution in [1.29, 1.82) is 0 Å². The molecule has 0 N–H and O–H groups in total. The summed E-state index contributed by atoms with van der Waals surface area (Å²) in [7, 11) is 3.43. The van der Waals surface area contributed by atoms with Crippen molar-refractivity contribution in [2.45, 2.75) is 19.5 Å². The molecule has 0 saturated heterocycles. The van der Waals surface area contributed by atoms with Crippen LogP contribution in [0.2, 0.25) is 13.1 Å². The first-order chi connectivity index (χ1) is 4.63. The van der Waals surface area contributed by atoms with E-state index in [4.69, 9.17) is 4.43 Å². The molecule has 0 aliphatic rings. The third-order valence-electron chi connectivity index (χ3n) is 1.20. The molecule has 0 spiro atoms.